The summed E-state index contributed by atoms with van der Waals surface area (Å²) in [6.45, 7) is 6.64. The molecular formula is C42H49NS3. The second-order valence-electron chi connectivity index (χ2n) is 11.8. The fourth-order valence-corrected chi connectivity index (χ4v) is 9.60. The van der Waals surface area contributed by atoms with Crippen LogP contribution < -0.4 is 5.73 Å². The van der Waals surface area contributed by atoms with Crippen molar-refractivity contribution >= 4 is 41.0 Å². The van der Waals surface area contributed by atoms with Gasteiger partial charge in [-0.05, 0) is 98.5 Å². The largest absolute Gasteiger partial charge is 0.399 e. The molecule has 0 spiro atoms. The molecular weight excluding hydrogens is 615 g/mol. The van der Waals surface area contributed by atoms with Gasteiger partial charge in [-0.3, -0.25) is 0 Å². The third-order valence-electron chi connectivity index (χ3n) is 8.19. The Morgan fingerprint density at radius 3 is 1.46 bits per heavy atom. The quantitative estimate of drug-likeness (QED) is 0.0964. The van der Waals surface area contributed by atoms with Gasteiger partial charge < -0.3 is 5.73 Å². The van der Waals surface area contributed by atoms with Crippen LogP contribution in [0, 0.1) is 18.8 Å². The first-order valence-electron chi connectivity index (χ1n) is 16.5. The van der Waals surface area contributed by atoms with E-state index in [-0.39, 0.29) is 0 Å². The van der Waals surface area contributed by atoms with Crippen molar-refractivity contribution in [3.63, 3.8) is 0 Å². The van der Waals surface area contributed by atoms with Crippen molar-refractivity contribution < 1.29 is 0 Å². The molecule has 0 radical (unpaired) electrons. The maximum atomic E-state index is 5.43. The van der Waals surface area contributed by atoms with E-state index >= 15 is 0 Å². The first kappa shape index (κ1) is 35.8. The normalized spacial score (nSPS) is 16.3. The van der Waals surface area contributed by atoms with Gasteiger partial charge in [0.15, 0.2) is 0 Å². The number of nitrogens with two attached hydrogens (primary N) is 1. The molecule has 6 rings (SSSR count). The Bertz CT molecular complexity index is 1420. The Labute approximate surface area is 291 Å². The molecule has 2 N–H and O–H groups in total. The minimum atomic E-state index is 0.562. The van der Waals surface area contributed by atoms with E-state index in [0.717, 1.165) is 23.9 Å². The Hall–Kier alpha value is -3.05. The summed E-state index contributed by atoms with van der Waals surface area (Å²) in [6.07, 6.45) is 6.56. The molecule has 5 aromatic carbocycles. The summed E-state index contributed by atoms with van der Waals surface area (Å²) in [5.74, 6) is 1.54. The van der Waals surface area contributed by atoms with Crippen LogP contribution in [0.1, 0.15) is 50.7 Å². The molecule has 1 aliphatic rings. The maximum absolute atomic E-state index is 5.43. The zero-order valence-electron chi connectivity index (χ0n) is 27.5. The van der Waals surface area contributed by atoms with Crippen molar-refractivity contribution in [2.75, 3.05) is 5.73 Å². The molecule has 1 nitrogen and oxygen atoms in total. The molecule has 46 heavy (non-hydrogen) atoms. The summed E-state index contributed by atoms with van der Waals surface area (Å²) < 4.78 is 0.562. The van der Waals surface area contributed by atoms with E-state index in [4.69, 9.17) is 5.73 Å². The predicted molar refractivity (Wildman–Crippen MR) is 207 cm³/mol. The van der Waals surface area contributed by atoms with Crippen LogP contribution in [0.15, 0.2) is 160 Å². The number of anilines is 1. The fourth-order valence-electron chi connectivity index (χ4n) is 5.51. The van der Waals surface area contributed by atoms with Crippen LogP contribution in [0.4, 0.5) is 5.69 Å². The Balaban J connectivity index is 0.000000243. The lowest BCUT2D eigenvalue weighted by atomic mass is 9.81. The number of hydrogen-bond donors (Lipinski definition) is 1. The molecule has 3 atom stereocenters. The number of rotatable bonds is 9. The summed E-state index contributed by atoms with van der Waals surface area (Å²) in [5.41, 5.74) is 8.91. The SMILES string of the molecule is CC(Sc1ccccc1)C1CCCC(C(Sc2ccccc2)Sc2ccccc2)C1.CCc1ccccc1.Cc1ccc(N)cc1. The summed E-state index contributed by atoms with van der Waals surface area (Å²) in [6, 6.07) is 51.1. The average Bonchev–Trinajstić information content (AvgIpc) is 3.11. The highest BCUT2D eigenvalue weighted by Gasteiger charge is 2.32. The summed E-state index contributed by atoms with van der Waals surface area (Å²) in [7, 11) is 0. The van der Waals surface area contributed by atoms with Crippen LogP contribution in [-0.4, -0.2) is 9.83 Å². The van der Waals surface area contributed by atoms with E-state index < -0.39 is 0 Å². The first-order chi connectivity index (χ1) is 22.5. The lowest BCUT2D eigenvalue weighted by Crippen LogP contribution is -2.27. The summed E-state index contributed by atoms with van der Waals surface area (Å²) in [4.78, 5) is 4.18. The van der Waals surface area contributed by atoms with Crippen molar-refractivity contribution in [1.82, 2.24) is 0 Å². The fraction of sp³-hybridized carbons (Fsp3) is 0.286. The minimum absolute atomic E-state index is 0.562. The molecule has 240 valence electrons. The van der Waals surface area contributed by atoms with Gasteiger partial charge in [0, 0.05) is 25.6 Å². The molecule has 4 heteroatoms. The van der Waals surface area contributed by atoms with Gasteiger partial charge in [0.25, 0.3) is 0 Å². The number of thioether (sulfide) groups is 3. The number of hydrogen-bond acceptors (Lipinski definition) is 4. The lowest BCUT2D eigenvalue weighted by Gasteiger charge is -2.36. The molecule has 0 bridgehead atoms. The first-order valence-corrected chi connectivity index (χ1v) is 19.1. The maximum Gasteiger partial charge on any atom is 0.0625 e. The highest BCUT2D eigenvalue weighted by atomic mass is 32.2. The molecule has 1 aliphatic carbocycles. The van der Waals surface area contributed by atoms with Gasteiger partial charge in [0.05, 0.1) is 4.58 Å². The van der Waals surface area contributed by atoms with E-state index in [9.17, 15) is 0 Å². The van der Waals surface area contributed by atoms with Crippen LogP contribution in [0.5, 0.6) is 0 Å². The molecule has 0 aliphatic heterocycles. The number of aryl methyl sites for hydroxylation is 2. The van der Waals surface area contributed by atoms with Crippen molar-refractivity contribution in [3.05, 3.63) is 157 Å². The molecule has 3 unspecified atom stereocenters. The molecule has 0 heterocycles. The van der Waals surface area contributed by atoms with Crippen molar-refractivity contribution in [1.29, 1.82) is 0 Å². The monoisotopic (exact) mass is 663 g/mol. The van der Waals surface area contributed by atoms with Gasteiger partial charge >= 0.3 is 0 Å². The number of benzene rings is 5. The molecule has 5 aromatic rings. The minimum Gasteiger partial charge on any atom is -0.399 e. The van der Waals surface area contributed by atoms with Gasteiger partial charge in [0.2, 0.25) is 0 Å². The predicted octanol–water partition coefficient (Wildman–Crippen LogP) is 12.7. The number of nitrogen functional groups attached to an aromatic ring is 1. The Kier molecular flexibility index (Phi) is 15.8. The third kappa shape index (κ3) is 13.0. The second kappa shape index (κ2) is 20.2. The van der Waals surface area contributed by atoms with Crippen LogP contribution in [0.25, 0.3) is 0 Å². The highest BCUT2D eigenvalue weighted by molar-refractivity contribution is 8.17. The third-order valence-corrected chi connectivity index (χ3v) is 12.4. The smallest absolute Gasteiger partial charge is 0.0625 e. The molecule has 1 saturated carbocycles. The van der Waals surface area contributed by atoms with Crippen molar-refractivity contribution in [2.24, 2.45) is 11.8 Å². The lowest BCUT2D eigenvalue weighted by molar-refractivity contribution is 0.279. The zero-order valence-corrected chi connectivity index (χ0v) is 30.0. The Morgan fingerprint density at radius 2 is 1.02 bits per heavy atom. The van der Waals surface area contributed by atoms with E-state index in [0.29, 0.717) is 9.83 Å². The van der Waals surface area contributed by atoms with Gasteiger partial charge in [-0.25, -0.2) is 0 Å². The molecule has 0 amide bonds. The average molecular weight is 664 g/mol. The van der Waals surface area contributed by atoms with Gasteiger partial charge in [-0.2, -0.15) is 0 Å². The van der Waals surface area contributed by atoms with E-state index in [1.807, 2.05) is 37.3 Å². The van der Waals surface area contributed by atoms with Crippen LogP contribution in [-0.2, 0) is 6.42 Å². The van der Waals surface area contributed by atoms with Crippen LogP contribution >= 0.6 is 35.3 Å². The standard InChI is InChI=1S/C27H30S3.C8H10.C7H9N/c1-21(28-24-14-5-2-6-15-24)22-12-11-13-23(20-22)27(29-25-16-7-3-8-17-25)30-26-18-9-4-10-19-26;1-2-8-6-4-3-5-7-8;1-6-2-4-7(8)5-3-6/h2-10,14-19,21-23,27H,11-13,20H2,1H3;3-7H,2H2,1H3;2-5H,8H2,1H3. The van der Waals surface area contributed by atoms with Crippen molar-refractivity contribution in [3.8, 4) is 0 Å². The zero-order chi connectivity index (χ0) is 32.4. The van der Waals surface area contributed by atoms with Gasteiger partial charge in [-0.15, -0.1) is 35.3 Å². The van der Waals surface area contributed by atoms with Crippen LogP contribution in [0.3, 0.4) is 0 Å². The van der Waals surface area contributed by atoms with Gasteiger partial charge in [-0.1, -0.05) is 123 Å². The molecule has 0 saturated heterocycles. The summed E-state index contributed by atoms with van der Waals surface area (Å²) in [5, 5.41) is 0.666. The van der Waals surface area contributed by atoms with E-state index in [2.05, 4.69) is 164 Å². The molecule has 1 fully saturated rings. The van der Waals surface area contributed by atoms with Crippen LogP contribution in [0.2, 0.25) is 0 Å². The Morgan fingerprint density at radius 1 is 0.587 bits per heavy atom. The second-order valence-corrected chi connectivity index (χ2v) is 16.0. The molecule has 0 aromatic heterocycles. The van der Waals surface area contributed by atoms with E-state index in [1.165, 1.54) is 51.5 Å². The highest BCUT2D eigenvalue weighted by Crippen LogP contribution is 2.47. The summed E-state index contributed by atoms with van der Waals surface area (Å²) >= 11 is 6.19. The van der Waals surface area contributed by atoms with Crippen molar-refractivity contribution in [2.45, 2.75) is 77.4 Å². The van der Waals surface area contributed by atoms with Gasteiger partial charge in [0.1, 0.15) is 0 Å². The topological polar surface area (TPSA) is 26.0 Å². The van der Waals surface area contributed by atoms with E-state index in [1.54, 1.807) is 0 Å².